The van der Waals surface area contributed by atoms with Crippen molar-refractivity contribution in [2.75, 3.05) is 11.1 Å². The van der Waals surface area contributed by atoms with Crippen LogP contribution in [0.5, 0.6) is 0 Å². The van der Waals surface area contributed by atoms with Gasteiger partial charge < -0.3 is 5.73 Å². The predicted octanol–water partition coefficient (Wildman–Crippen LogP) is 1.96. The highest BCUT2D eigenvalue weighted by Gasteiger charge is 2.07. The summed E-state index contributed by atoms with van der Waals surface area (Å²) < 4.78 is 0. The van der Waals surface area contributed by atoms with E-state index in [4.69, 9.17) is 17.3 Å². The summed E-state index contributed by atoms with van der Waals surface area (Å²) in [6.45, 7) is 0. The van der Waals surface area contributed by atoms with Gasteiger partial charge in [0.1, 0.15) is 0 Å². The van der Waals surface area contributed by atoms with E-state index in [1.807, 2.05) is 0 Å². The van der Waals surface area contributed by atoms with Gasteiger partial charge in [0.25, 0.3) is 5.91 Å². The lowest BCUT2D eigenvalue weighted by atomic mass is 10.2. The number of carbonyl (C=O) groups is 1. The monoisotopic (exact) mass is 248 g/mol. The van der Waals surface area contributed by atoms with Crippen LogP contribution in [0, 0.1) is 0 Å². The van der Waals surface area contributed by atoms with Crippen LogP contribution in [0.3, 0.4) is 0 Å². The zero-order valence-electron chi connectivity index (χ0n) is 8.72. The topological polar surface area (TPSA) is 80.9 Å². The Labute approximate surface area is 103 Å². The molecule has 0 saturated heterocycles. The molecule has 86 valence electrons. The fraction of sp³-hybridized carbons (Fsp3) is 0. The van der Waals surface area contributed by atoms with Gasteiger partial charge in [-0.25, -0.2) is 9.97 Å². The molecule has 0 aliphatic rings. The first-order valence-electron chi connectivity index (χ1n) is 4.79. The van der Waals surface area contributed by atoms with Gasteiger partial charge in [-0.3, -0.25) is 10.1 Å². The Morgan fingerprint density at radius 3 is 2.65 bits per heavy atom. The predicted molar refractivity (Wildman–Crippen MR) is 65.8 cm³/mol. The molecule has 5 nitrogen and oxygen atoms in total. The SMILES string of the molecule is Nc1cnc(NC(=O)c2cccc(Cl)c2)nc1. The number of rotatable bonds is 2. The fourth-order valence-electron chi connectivity index (χ4n) is 1.21. The molecule has 0 fully saturated rings. The number of nitrogens with zero attached hydrogens (tertiary/aromatic N) is 2. The van der Waals surface area contributed by atoms with E-state index < -0.39 is 0 Å². The number of nitrogens with two attached hydrogens (primary N) is 1. The second kappa shape index (κ2) is 4.80. The summed E-state index contributed by atoms with van der Waals surface area (Å²) in [6, 6.07) is 6.60. The Kier molecular flexibility index (Phi) is 3.20. The lowest BCUT2D eigenvalue weighted by molar-refractivity contribution is 0.102. The minimum atomic E-state index is -0.322. The molecular weight excluding hydrogens is 240 g/mol. The number of aromatic nitrogens is 2. The van der Waals surface area contributed by atoms with Crippen LogP contribution in [0.15, 0.2) is 36.7 Å². The summed E-state index contributed by atoms with van der Waals surface area (Å²) in [5, 5.41) is 3.03. The lowest BCUT2D eigenvalue weighted by Gasteiger charge is -2.03. The van der Waals surface area contributed by atoms with E-state index in [2.05, 4.69) is 15.3 Å². The van der Waals surface area contributed by atoms with Crippen molar-refractivity contribution in [2.24, 2.45) is 0 Å². The first-order chi connectivity index (χ1) is 8.15. The molecule has 0 unspecified atom stereocenters. The lowest BCUT2D eigenvalue weighted by Crippen LogP contribution is -2.14. The van der Waals surface area contributed by atoms with Gasteiger partial charge >= 0.3 is 0 Å². The van der Waals surface area contributed by atoms with E-state index in [1.54, 1.807) is 24.3 Å². The van der Waals surface area contributed by atoms with Crippen LogP contribution < -0.4 is 11.1 Å². The van der Waals surface area contributed by atoms with Crippen molar-refractivity contribution in [1.29, 1.82) is 0 Å². The second-order valence-electron chi connectivity index (χ2n) is 3.30. The third-order valence-electron chi connectivity index (χ3n) is 1.98. The number of carbonyl (C=O) groups excluding carboxylic acids is 1. The largest absolute Gasteiger partial charge is 0.396 e. The third-order valence-corrected chi connectivity index (χ3v) is 2.22. The highest BCUT2D eigenvalue weighted by molar-refractivity contribution is 6.31. The second-order valence-corrected chi connectivity index (χ2v) is 3.74. The van der Waals surface area contributed by atoms with Crippen LogP contribution in [0.25, 0.3) is 0 Å². The highest BCUT2D eigenvalue weighted by atomic mass is 35.5. The van der Waals surface area contributed by atoms with Gasteiger partial charge in [0.2, 0.25) is 5.95 Å². The first-order valence-corrected chi connectivity index (χ1v) is 5.17. The van der Waals surface area contributed by atoms with Crippen molar-refractivity contribution in [3.05, 3.63) is 47.2 Å². The number of nitrogen functional groups attached to an aromatic ring is 1. The number of hydrogen-bond donors (Lipinski definition) is 2. The van der Waals surface area contributed by atoms with Crippen LogP contribution in [0.1, 0.15) is 10.4 Å². The molecule has 0 radical (unpaired) electrons. The number of anilines is 2. The number of benzene rings is 1. The summed E-state index contributed by atoms with van der Waals surface area (Å²) in [7, 11) is 0. The van der Waals surface area contributed by atoms with E-state index >= 15 is 0 Å². The van der Waals surface area contributed by atoms with Crippen LogP contribution in [-0.4, -0.2) is 15.9 Å². The molecule has 1 aromatic carbocycles. The summed E-state index contributed by atoms with van der Waals surface area (Å²) in [5.74, 6) is -0.124. The third kappa shape index (κ3) is 2.92. The summed E-state index contributed by atoms with van der Waals surface area (Å²) >= 11 is 5.78. The quantitative estimate of drug-likeness (QED) is 0.851. The van der Waals surface area contributed by atoms with Crippen molar-refractivity contribution in [3.63, 3.8) is 0 Å². The number of hydrogen-bond acceptors (Lipinski definition) is 4. The zero-order chi connectivity index (χ0) is 12.3. The van der Waals surface area contributed by atoms with Gasteiger partial charge in [-0.2, -0.15) is 0 Å². The van der Waals surface area contributed by atoms with E-state index in [0.29, 0.717) is 16.3 Å². The van der Waals surface area contributed by atoms with E-state index in [-0.39, 0.29) is 11.9 Å². The Morgan fingerprint density at radius 1 is 1.29 bits per heavy atom. The molecule has 2 aromatic rings. The summed E-state index contributed by atoms with van der Waals surface area (Å²) in [6.07, 6.45) is 2.83. The van der Waals surface area contributed by atoms with Gasteiger partial charge in [-0.05, 0) is 18.2 Å². The molecule has 0 saturated carbocycles. The molecule has 1 amide bonds. The molecule has 0 aliphatic heterocycles. The van der Waals surface area contributed by atoms with Crippen LogP contribution >= 0.6 is 11.6 Å². The van der Waals surface area contributed by atoms with Crippen LogP contribution in [0.2, 0.25) is 5.02 Å². The van der Waals surface area contributed by atoms with E-state index in [1.165, 1.54) is 12.4 Å². The molecule has 2 rings (SSSR count). The van der Waals surface area contributed by atoms with Crippen molar-refractivity contribution < 1.29 is 4.79 Å². The fourth-order valence-corrected chi connectivity index (χ4v) is 1.40. The maximum Gasteiger partial charge on any atom is 0.258 e. The summed E-state index contributed by atoms with van der Waals surface area (Å²) in [4.78, 5) is 19.5. The van der Waals surface area contributed by atoms with Gasteiger partial charge in [0.15, 0.2) is 0 Å². The number of nitrogens with one attached hydrogen (secondary N) is 1. The molecule has 17 heavy (non-hydrogen) atoms. The minimum Gasteiger partial charge on any atom is -0.396 e. The van der Waals surface area contributed by atoms with Crippen molar-refractivity contribution in [3.8, 4) is 0 Å². The maximum absolute atomic E-state index is 11.8. The molecule has 1 aromatic heterocycles. The van der Waals surface area contributed by atoms with Gasteiger partial charge in [-0.1, -0.05) is 17.7 Å². The standard InChI is InChI=1S/C11H9ClN4O/c12-8-3-1-2-7(4-8)10(17)16-11-14-5-9(13)6-15-11/h1-6H,13H2,(H,14,15,16,17). The molecule has 1 heterocycles. The molecule has 0 atom stereocenters. The highest BCUT2D eigenvalue weighted by Crippen LogP contribution is 2.12. The van der Waals surface area contributed by atoms with Crippen LogP contribution in [0.4, 0.5) is 11.6 Å². The van der Waals surface area contributed by atoms with Gasteiger partial charge in [0.05, 0.1) is 18.1 Å². The average Bonchev–Trinajstić information content (AvgIpc) is 2.32. The van der Waals surface area contributed by atoms with E-state index in [9.17, 15) is 4.79 Å². The molecule has 0 aliphatic carbocycles. The Morgan fingerprint density at radius 2 is 2.00 bits per heavy atom. The molecule has 0 bridgehead atoms. The maximum atomic E-state index is 11.8. The number of amides is 1. The zero-order valence-corrected chi connectivity index (χ0v) is 9.48. The normalized spacial score (nSPS) is 9.94. The molecule has 6 heteroatoms. The van der Waals surface area contributed by atoms with Gasteiger partial charge in [0, 0.05) is 10.6 Å². The first kappa shape index (κ1) is 11.3. The van der Waals surface area contributed by atoms with Crippen molar-refractivity contribution in [2.45, 2.75) is 0 Å². The molecule has 0 spiro atoms. The molecule has 3 N–H and O–H groups in total. The Bertz CT molecular complexity index is 541. The molecular formula is C11H9ClN4O. The average molecular weight is 249 g/mol. The Hall–Kier alpha value is -2.14. The van der Waals surface area contributed by atoms with Gasteiger partial charge in [-0.15, -0.1) is 0 Å². The van der Waals surface area contributed by atoms with Crippen molar-refractivity contribution in [1.82, 2.24) is 9.97 Å². The minimum absolute atomic E-state index is 0.198. The smallest absolute Gasteiger partial charge is 0.258 e. The number of halogens is 1. The van der Waals surface area contributed by atoms with Crippen LogP contribution in [-0.2, 0) is 0 Å². The summed E-state index contributed by atoms with van der Waals surface area (Å²) in [5.41, 5.74) is 6.31. The Balaban J connectivity index is 2.14. The van der Waals surface area contributed by atoms with E-state index in [0.717, 1.165) is 0 Å². The van der Waals surface area contributed by atoms with Crippen molar-refractivity contribution >= 4 is 29.1 Å².